The minimum absolute atomic E-state index is 0.00905. The predicted molar refractivity (Wildman–Crippen MR) is 183 cm³/mol. The first-order valence-electron chi connectivity index (χ1n) is 15.9. The molecule has 2 aliphatic rings. The molecule has 50 heavy (non-hydrogen) atoms. The topological polar surface area (TPSA) is 142 Å². The quantitative estimate of drug-likeness (QED) is 0.110. The first-order chi connectivity index (χ1) is 24.2. The van der Waals surface area contributed by atoms with Gasteiger partial charge in [0.1, 0.15) is 0 Å². The first kappa shape index (κ1) is 35.3. The molecule has 2 aliphatic heterocycles. The van der Waals surface area contributed by atoms with E-state index in [4.69, 9.17) is 27.9 Å². The van der Waals surface area contributed by atoms with Gasteiger partial charge in [0, 0.05) is 85.8 Å². The Hall–Kier alpha value is -4.50. The smallest absolute Gasteiger partial charge is 0.388 e. The third kappa shape index (κ3) is 8.44. The molecule has 5 N–H and O–H groups in total. The number of rotatable bonds is 14. The van der Waals surface area contributed by atoms with Crippen molar-refractivity contribution in [2.45, 2.75) is 57.5 Å². The van der Waals surface area contributed by atoms with Crippen LogP contribution in [0.3, 0.4) is 0 Å². The second-order valence-corrected chi connectivity index (χ2v) is 12.6. The third-order valence-electron chi connectivity index (χ3n) is 8.36. The van der Waals surface area contributed by atoms with E-state index in [0.29, 0.717) is 60.3 Å². The summed E-state index contributed by atoms with van der Waals surface area (Å²) >= 11 is 13.7. The van der Waals surface area contributed by atoms with Gasteiger partial charge in [-0.3, -0.25) is 14.6 Å². The summed E-state index contributed by atoms with van der Waals surface area (Å²) in [5.41, 5.74) is 2.48. The van der Waals surface area contributed by atoms with Crippen molar-refractivity contribution in [1.82, 2.24) is 36.2 Å². The second-order valence-electron chi connectivity index (χ2n) is 11.9. The Kier molecular flexibility index (Phi) is 11.3. The number of aromatic nitrogens is 3. The maximum Gasteiger partial charge on any atom is 0.388 e. The molecule has 16 heteroatoms. The summed E-state index contributed by atoms with van der Waals surface area (Å²) in [4.78, 5) is 35.9. The van der Waals surface area contributed by atoms with Crippen molar-refractivity contribution in [3.05, 3.63) is 81.8 Å². The monoisotopic (exact) mass is 728 g/mol. The summed E-state index contributed by atoms with van der Waals surface area (Å²) in [7, 11) is 0. The van der Waals surface area contributed by atoms with E-state index in [1.165, 1.54) is 12.4 Å². The van der Waals surface area contributed by atoms with Gasteiger partial charge in [0.15, 0.2) is 11.6 Å². The Morgan fingerprint density at radius 2 is 1.52 bits per heavy atom. The van der Waals surface area contributed by atoms with Crippen molar-refractivity contribution in [2.75, 3.05) is 18.4 Å². The standard InChI is InChI=1S/C34H33Cl2F3N8O3/c35-28-23(2-1-3-25(28)46-32-30(37)18(10-12-43-32)14-40-16-20-5-8-26(48)44-20)31-29(36)22(11-13-42-31)24-7-4-19(33(47-24)50-34(38)39)15-41-17-21-6-9-27(49)45-21/h1-4,7,10-13,20-21,34,40-41H,5-6,8-9,14-17H2,(H,43,46)(H,44,48)(H,45,49)/t20-,21+/m1/s1. The molecule has 0 bridgehead atoms. The van der Waals surface area contributed by atoms with Gasteiger partial charge < -0.3 is 31.3 Å². The van der Waals surface area contributed by atoms with Crippen molar-refractivity contribution in [3.63, 3.8) is 0 Å². The molecule has 1 aromatic carbocycles. The number of ether oxygens (including phenoxy) is 1. The van der Waals surface area contributed by atoms with E-state index in [9.17, 15) is 18.4 Å². The maximum atomic E-state index is 15.5. The number of nitrogens with one attached hydrogen (secondary N) is 5. The van der Waals surface area contributed by atoms with Crippen LogP contribution >= 0.6 is 23.2 Å². The van der Waals surface area contributed by atoms with Crippen LogP contribution < -0.4 is 31.3 Å². The molecule has 0 aliphatic carbocycles. The number of nitrogens with zero attached hydrogens (tertiary/aromatic N) is 3. The fraction of sp³-hybridized carbons (Fsp3) is 0.324. The molecule has 0 saturated carbocycles. The lowest BCUT2D eigenvalue weighted by Crippen LogP contribution is -2.35. The van der Waals surface area contributed by atoms with Crippen LogP contribution in [0.1, 0.15) is 36.8 Å². The highest BCUT2D eigenvalue weighted by Crippen LogP contribution is 2.41. The molecule has 0 unspecified atom stereocenters. The average Bonchev–Trinajstić information content (AvgIpc) is 3.71. The molecule has 11 nitrogen and oxygen atoms in total. The van der Waals surface area contributed by atoms with E-state index in [1.807, 2.05) is 0 Å². The zero-order valence-corrected chi connectivity index (χ0v) is 28.1. The van der Waals surface area contributed by atoms with Crippen LogP contribution in [0.2, 0.25) is 10.0 Å². The maximum absolute atomic E-state index is 15.5. The number of pyridine rings is 3. The van der Waals surface area contributed by atoms with Gasteiger partial charge in [-0.25, -0.2) is 14.4 Å². The van der Waals surface area contributed by atoms with Crippen LogP contribution in [0.15, 0.2) is 54.9 Å². The number of hydrogen-bond donors (Lipinski definition) is 5. The molecule has 2 fully saturated rings. The molecule has 6 rings (SSSR count). The van der Waals surface area contributed by atoms with Crippen LogP contribution in [-0.2, 0) is 22.7 Å². The Morgan fingerprint density at radius 1 is 0.840 bits per heavy atom. The molecule has 2 amide bonds. The number of halogens is 5. The second kappa shape index (κ2) is 16.0. The van der Waals surface area contributed by atoms with Crippen molar-refractivity contribution < 1.29 is 27.5 Å². The summed E-state index contributed by atoms with van der Waals surface area (Å²) in [6.07, 6.45) is 5.33. The molecule has 4 aromatic rings. The molecule has 262 valence electrons. The van der Waals surface area contributed by atoms with E-state index in [-0.39, 0.29) is 70.1 Å². The summed E-state index contributed by atoms with van der Waals surface area (Å²) in [6, 6.07) is 11.4. The van der Waals surface area contributed by atoms with Gasteiger partial charge in [0.05, 0.1) is 27.1 Å². The fourth-order valence-corrected chi connectivity index (χ4v) is 6.41. The van der Waals surface area contributed by atoms with Gasteiger partial charge in [0.25, 0.3) is 0 Å². The summed E-state index contributed by atoms with van der Waals surface area (Å²) in [6.45, 7) is -1.73. The molecule has 2 atom stereocenters. The van der Waals surface area contributed by atoms with Crippen molar-refractivity contribution >= 4 is 46.5 Å². The van der Waals surface area contributed by atoms with E-state index >= 15 is 4.39 Å². The van der Waals surface area contributed by atoms with Crippen molar-refractivity contribution in [3.8, 4) is 28.4 Å². The number of carbonyl (C=O) groups excluding carboxylic acids is 2. The van der Waals surface area contributed by atoms with Crippen LogP contribution in [0.25, 0.3) is 22.5 Å². The zero-order valence-electron chi connectivity index (χ0n) is 26.5. The highest BCUT2D eigenvalue weighted by atomic mass is 35.5. The lowest BCUT2D eigenvalue weighted by Gasteiger charge is -2.16. The lowest BCUT2D eigenvalue weighted by molar-refractivity contribution is -0.120. The average molecular weight is 730 g/mol. The van der Waals surface area contributed by atoms with Gasteiger partial charge in [-0.15, -0.1) is 0 Å². The van der Waals surface area contributed by atoms with E-state index in [0.717, 1.165) is 6.42 Å². The number of anilines is 2. The van der Waals surface area contributed by atoms with Crippen LogP contribution in [0, 0.1) is 5.82 Å². The number of benzene rings is 1. The Morgan fingerprint density at radius 3 is 2.18 bits per heavy atom. The minimum Gasteiger partial charge on any atom is -0.417 e. The SMILES string of the molecule is O=C1CC[C@H](CNCc2ccnc(Nc3cccc(-c4nccc(-c5ccc(CNC[C@@H]6CCC(=O)N6)c(OC(F)F)n5)c4Cl)c3Cl)c2F)N1. The van der Waals surface area contributed by atoms with Gasteiger partial charge >= 0.3 is 6.61 Å². The van der Waals surface area contributed by atoms with Crippen LogP contribution in [0.5, 0.6) is 5.88 Å². The number of hydrogen-bond acceptors (Lipinski definition) is 9. The van der Waals surface area contributed by atoms with Gasteiger partial charge in [0.2, 0.25) is 17.7 Å². The summed E-state index contributed by atoms with van der Waals surface area (Å²) in [5, 5.41) is 15.4. The molecule has 5 heterocycles. The molecule has 0 spiro atoms. The molecule has 3 aromatic heterocycles. The highest BCUT2D eigenvalue weighted by Gasteiger charge is 2.23. The Labute approximate surface area is 295 Å². The van der Waals surface area contributed by atoms with E-state index in [1.54, 1.807) is 42.5 Å². The van der Waals surface area contributed by atoms with E-state index < -0.39 is 12.4 Å². The molecule has 2 saturated heterocycles. The lowest BCUT2D eigenvalue weighted by atomic mass is 10.1. The van der Waals surface area contributed by atoms with Crippen molar-refractivity contribution in [2.24, 2.45) is 0 Å². The Bertz CT molecular complexity index is 1890. The van der Waals surface area contributed by atoms with E-state index in [2.05, 4.69) is 41.5 Å². The van der Waals surface area contributed by atoms with Gasteiger partial charge in [-0.05, 0) is 37.1 Å². The molecule has 0 radical (unpaired) electrons. The first-order valence-corrected chi connectivity index (χ1v) is 16.7. The molecular formula is C34H33Cl2F3N8O3. The zero-order chi connectivity index (χ0) is 35.2. The van der Waals surface area contributed by atoms with Crippen LogP contribution in [0.4, 0.5) is 24.7 Å². The van der Waals surface area contributed by atoms with Crippen molar-refractivity contribution in [1.29, 1.82) is 0 Å². The summed E-state index contributed by atoms with van der Waals surface area (Å²) < 4.78 is 47.0. The minimum atomic E-state index is -3.11. The normalized spacial score (nSPS) is 17.2. The number of amides is 2. The number of alkyl halides is 2. The number of carbonyl (C=O) groups is 2. The van der Waals surface area contributed by atoms with Crippen LogP contribution in [-0.4, -0.2) is 58.6 Å². The largest absolute Gasteiger partial charge is 0.417 e. The highest BCUT2D eigenvalue weighted by molar-refractivity contribution is 6.39. The van der Waals surface area contributed by atoms with Gasteiger partial charge in [-0.2, -0.15) is 8.78 Å². The molecular weight excluding hydrogens is 696 g/mol. The fourth-order valence-electron chi connectivity index (χ4n) is 5.84. The third-order valence-corrected chi connectivity index (χ3v) is 9.15. The predicted octanol–water partition coefficient (Wildman–Crippen LogP) is 5.73. The van der Waals surface area contributed by atoms with Gasteiger partial charge in [-0.1, -0.05) is 41.4 Å². The Balaban J connectivity index is 1.19. The summed E-state index contributed by atoms with van der Waals surface area (Å²) in [5.74, 6) is -0.874.